The number of aryl methyl sites for hydroxylation is 2. The average molecular weight is 427 g/mol. The molecule has 0 aliphatic rings. The smallest absolute Gasteiger partial charge is 0.214 e. The summed E-state index contributed by atoms with van der Waals surface area (Å²) in [4.78, 5) is 22.0. The van der Waals surface area contributed by atoms with Gasteiger partial charge in [0.1, 0.15) is 23.1 Å². The van der Waals surface area contributed by atoms with E-state index in [2.05, 4.69) is 25.3 Å². The summed E-state index contributed by atoms with van der Waals surface area (Å²) in [6.07, 6.45) is 7.10. The Morgan fingerprint density at radius 3 is 2.38 bits per heavy atom. The molecule has 0 spiro atoms. The first-order chi connectivity index (χ1) is 15.3. The molecule has 1 N–H and O–H groups in total. The fourth-order valence-electron chi connectivity index (χ4n) is 3.24. The van der Waals surface area contributed by atoms with E-state index in [0.29, 0.717) is 23.3 Å². The second kappa shape index (κ2) is 8.70. The molecular weight excluding hydrogens is 400 g/mol. The molecule has 0 saturated heterocycles. The van der Waals surface area contributed by atoms with Crippen LogP contribution in [-0.4, -0.2) is 30.5 Å². The Kier molecular flexibility index (Phi) is 5.81. The number of aromatic nitrogens is 5. The molecule has 32 heavy (non-hydrogen) atoms. The van der Waals surface area contributed by atoms with Crippen LogP contribution in [-0.2, 0) is 0 Å². The van der Waals surface area contributed by atoms with Crippen molar-refractivity contribution in [2.45, 2.75) is 40.2 Å². The van der Waals surface area contributed by atoms with E-state index < -0.39 is 0 Å². The first kappa shape index (κ1) is 21.4. The summed E-state index contributed by atoms with van der Waals surface area (Å²) < 4.78 is 6.13. The lowest BCUT2D eigenvalue weighted by molar-refractivity contribution is 0.124. The molecule has 0 amide bonds. The second-order valence-electron chi connectivity index (χ2n) is 8.53. The van der Waals surface area contributed by atoms with E-state index in [1.165, 1.54) is 0 Å². The van der Waals surface area contributed by atoms with Crippen molar-refractivity contribution in [1.82, 2.24) is 24.9 Å². The minimum absolute atomic E-state index is 0.372. The van der Waals surface area contributed by atoms with Crippen molar-refractivity contribution in [3.63, 3.8) is 0 Å². The Morgan fingerprint density at radius 2 is 1.62 bits per heavy atom. The van der Waals surface area contributed by atoms with Gasteiger partial charge in [0.25, 0.3) is 0 Å². The molecule has 0 fully saturated rings. The van der Waals surface area contributed by atoms with Gasteiger partial charge in [-0.15, -0.1) is 0 Å². The summed E-state index contributed by atoms with van der Waals surface area (Å²) in [7, 11) is 0. The molecule has 0 atom stereocenters. The van der Waals surface area contributed by atoms with Crippen molar-refractivity contribution in [2.75, 3.05) is 5.32 Å². The predicted molar refractivity (Wildman–Crippen MR) is 126 cm³/mol. The van der Waals surface area contributed by atoms with E-state index >= 15 is 0 Å². The van der Waals surface area contributed by atoms with Crippen molar-refractivity contribution >= 4 is 11.6 Å². The molecule has 162 valence electrons. The summed E-state index contributed by atoms with van der Waals surface area (Å²) in [5.74, 6) is 2.64. The minimum atomic E-state index is -0.372. The standard InChI is InChI=1S/C25H26N6O/c1-16-6-9-26-15-20(16)21-12-19(14-24(30-21)32-25(3,4)5)18-7-10-28-23(13-18)31-22-8-11-27-17(2)29-22/h6-15H,1-5H3,(H,27,28,29,31). The maximum absolute atomic E-state index is 6.13. The number of hydrogen-bond donors (Lipinski definition) is 1. The van der Waals surface area contributed by atoms with Crippen molar-refractivity contribution in [3.8, 4) is 28.3 Å². The van der Waals surface area contributed by atoms with Crippen LogP contribution >= 0.6 is 0 Å². The lowest BCUT2D eigenvalue weighted by Gasteiger charge is -2.21. The maximum Gasteiger partial charge on any atom is 0.214 e. The molecule has 0 unspecified atom stereocenters. The summed E-state index contributed by atoms with van der Waals surface area (Å²) in [6, 6.07) is 11.7. The summed E-state index contributed by atoms with van der Waals surface area (Å²) >= 11 is 0. The van der Waals surface area contributed by atoms with Crippen molar-refractivity contribution in [1.29, 1.82) is 0 Å². The van der Waals surface area contributed by atoms with Gasteiger partial charge in [-0.05, 0) is 81.6 Å². The first-order valence-corrected chi connectivity index (χ1v) is 10.4. The summed E-state index contributed by atoms with van der Waals surface area (Å²) in [5.41, 5.74) is 4.46. The number of anilines is 2. The number of rotatable bonds is 5. The van der Waals surface area contributed by atoms with Crippen LogP contribution in [0.15, 0.2) is 61.2 Å². The Morgan fingerprint density at radius 1 is 0.812 bits per heavy atom. The lowest BCUT2D eigenvalue weighted by atomic mass is 10.0. The van der Waals surface area contributed by atoms with E-state index in [9.17, 15) is 0 Å². The van der Waals surface area contributed by atoms with Gasteiger partial charge in [-0.2, -0.15) is 0 Å². The van der Waals surface area contributed by atoms with Gasteiger partial charge in [0, 0.05) is 36.4 Å². The normalized spacial score (nSPS) is 11.3. The van der Waals surface area contributed by atoms with Crippen LogP contribution in [0.5, 0.6) is 5.88 Å². The van der Waals surface area contributed by atoms with Crippen LogP contribution < -0.4 is 10.1 Å². The zero-order valence-corrected chi connectivity index (χ0v) is 18.9. The van der Waals surface area contributed by atoms with Gasteiger partial charge < -0.3 is 10.1 Å². The average Bonchev–Trinajstić information content (AvgIpc) is 2.73. The highest BCUT2D eigenvalue weighted by Crippen LogP contribution is 2.32. The summed E-state index contributed by atoms with van der Waals surface area (Å²) in [5, 5.41) is 3.24. The monoisotopic (exact) mass is 426 g/mol. The molecule has 0 radical (unpaired) electrons. The molecule has 0 saturated carbocycles. The van der Waals surface area contributed by atoms with E-state index in [1.54, 1.807) is 18.6 Å². The van der Waals surface area contributed by atoms with Crippen LogP contribution in [0, 0.1) is 13.8 Å². The molecule has 0 aromatic carbocycles. The van der Waals surface area contributed by atoms with E-state index in [-0.39, 0.29) is 5.60 Å². The summed E-state index contributed by atoms with van der Waals surface area (Å²) in [6.45, 7) is 9.93. The number of ether oxygens (including phenoxy) is 1. The van der Waals surface area contributed by atoms with Gasteiger partial charge in [-0.3, -0.25) is 4.98 Å². The highest BCUT2D eigenvalue weighted by atomic mass is 16.5. The van der Waals surface area contributed by atoms with E-state index in [4.69, 9.17) is 9.72 Å². The Labute approximate surface area is 188 Å². The molecule has 0 bridgehead atoms. The molecule has 4 aromatic heterocycles. The zero-order valence-electron chi connectivity index (χ0n) is 18.9. The highest BCUT2D eigenvalue weighted by molar-refractivity contribution is 5.74. The lowest BCUT2D eigenvalue weighted by Crippen LogP contribution is -2.23. The molecule has 0 aliphatic carbocycles. The van der Waals surface area contributed by atoms with Crippen molar-refractivity contribution in [3.05, 3.63) is 72.6 Å². The molecule has 4 rings (SSSR count). The van der Waals surface area contributed by atoms with Gasteiger partial charge in [-0.25, -0.2) is 19.9 Å². The molecule has 4 aromatic rings. The van der Waals surface area contributed by atoms with Crippen molar-refractivity contribution < 1.29 is 4.74 Å². The van der Waals surface area contributed by atoms with Gasteiger partial charge in [-0.1, -0.05) is 0 Å². The molecular formula is C25H26N6O. The number of hydrogen-bond acceptors (Lipinski definition) is 7. The number of nitrogens with zero attached hydrogens (tertiary/aromatic N) is 5. The van der Waals surface area contributed by atoms with Crippen LogP contribution in [0.3, 0.4) is 0 Å². The zero-order chi connectivity index (χ0) is 22.7. The Bertz CT molecular complexity index is 1250. The topological polar surface area (TPSA) is 85.7 Å². The fraction of sp³-hybridized carbons (Fsp3) is 0.240. The van der Waals surface area contributed by atoms with E-state index in [1.807, 2.05) is 77.2 Å². The van der Waals surface area contributed by atoms with Crippen LogP contribution in [0.25, 0.3) is 22.4 Å². The SMILES string of the molecule is Cc1nccc(Nc2cc(-c3cc(OC(C)(C)C)nc(-c4cnccc4C)c3)ccn2)n1. The maximum atomic E-state index is 6.13. The largest absolute Gasteiger partial charge is 0.472 e. The predicted octanol–water partition coefficient (Wildman–Crippen LogP) is 5.53. The molecule has 7 nitrogen and oxygen atoms in total. The Balaban J connectivity index is 1.76. The van der Waals surface area contributed by atoms with Gasteiger partial charge in [0.05, 0.1) is 5.69 Å². The number of nitrogens with one attached hydrogen (secondary N) is 1. The third kappa shape index (κ3) is 5.24. The highest BCUT2D eigenvalue weighted by Gasteiger charge is 2.16. The van der Waals surface area contributed by atoms with Gasteiger partial charge in [0.2, 0.25) is 5.88 Å². The first-order valence-electron chi connectivity index (χ1n) is 10.4. The van der Waals surface area contributed by atoms with Crippen LogP contribution in [0.2, 0.25) is 0 Å². The van der Waals surface area contributed by atoms with Gasteiger partial charge >= 0.3 is 0 Å². The molecule has 7 heteroatoms. The number of pyridine rings is 3. The third-order valence-electron chi connectivity index (χ3n) is 4.65. The van der Waals surface area contributed by atoms with Gasteiger partial charge in [0.15, 0.2) is 0 Å². The Hall–Kier alpha value is -3.87. The van der Waals surface area contributed by atoms with Crippen molar-refractivity contribution in [2.24, 2.45) is 0 Å². The quantitative estimate of drug-likeness (QED) is 0.449. The van der Waals surface area contributed by atoms with E-state index in [0.717, 1.165) is 27.9 Å². The second-order valence-corrected chi connectivity index (χ2v) is 8.53. The molecule has 0 aliphatic heterocycles. The minimum Gasteiger partial charge on any atom is -0.472 e. The van der Waals surface area contributed by atoms with Crippen LogP contribution in [0.1, 0.15) is 32.2 Å². The van der Waals surface area contributed by atoms with Crippen LogP contribution in [0.4, 0.5) is 11.6 Å². The molecule has 4 heterocycles. The fourth-order valence-corrected chi connectivity index (χ4v) is 3.24. The third-order valence-corrected chi connectivity index (χ3v) is 4.65.